The third kappa shape index (κ3) is 7.20. The number of rotatable bonds is 10. The van der Waals surface area contributed by atoms with E-state index >= 15 is 0 Å². The van der Waals surface area contributed by atoms with Gasteiger partial charge < -0.3 is 15.4 Å². The second-order valence-electron chi connectivity index (χ2n) is 5.37. The summed E-state index contributed by atoms with van der Waals surface area (Å²) in [6.07, 6.45) is 0.667. The lowest BCUT2D eigenvalue weighted by molar-refractivity contribution is -0.121. The van der Waals surface area contributed by atoms with Gasteiger partial charge in [0, 0.05) is 39.4 Å². The second kappa shape index (κ2) is 10.1. The largest absolute Gasteiger partial charge is 0.382 e. The molecule has 0 spiro atoms. The highest BCUT2D eigenvalue weighted by molar-refractivity contribution is 7.89. The first-order valence-corrected chi connectivity index (χ1v) is 9.39. The Hall–Kier alpha value is -1.97. The number of amides is 2. The van der Waals surface area contributed by atoms with Crippen LogP contribution in [-0.4, -0.2) is 57.9 Å². The molecule has 0 saturated carbocycles. The first kappa shape index (κ1) is 21.1. The lowest BCUT2D eigenvalue weighted by Crippen LogP contribution is -2.38. The topological polar surface area (TPSA) is 105 Å². The average Bonchev–Trinajstić information content (AvgIpc) is 2.54. The third-order valence-electron chi connectivity index (χ3n) is 3.24. The van der Waals surface area contributed by atoms with E-state index in [0.717, 1.165) is 4.31 Å². The van der Waals surface area contributed by atoms with Crippen molar-refractivity contribution in [3.05, 3.63) is 24.3 Å². The number of ether oxygens (including phenoxy) is 1. The van der Waals surface area contributed by atoms with Gasteiger partial charge in [-0.1, -0.05) is 0 Å². The molecule has 2 N–H and O–H groups in total. The van der Waals surface area contributed by atoms with E-state index in [9.17, 15) is 18.0 Å². The molecule has 1 aromatic rings. The van der Waals surface area contributed by atoms with Gasteiger partial charge in [-0.25, -0.2) is 8.42 Å². The molecule has 2 amide bonds. The van der Waals surface area contributed by atoms with Crippen molar-refractivity contribution in [3.8, 4) is 0 Å². The minimum Gasteiger partial charge on any atom is -0.382 e. The summed E-state index contributed by atoms with van der Waals surface area (Å²) in [5.41, 5.74) is 0.501. The predicted octanol–water partition coefficient (Wildman–Crippen LogP) is 0.808. The summed E-state index contributed by atoms with van der Waals surface area (Å²) in [6, 6.07) is 5.76. The van der Waals surface area contributed by atoms with E-state index < -0.39 is 10.0 Å². The molecule has 0 heterocycles. The van der Waals surface area contributed by atoms with Gasteiger partial charge in [-0.05, 0) is 37.6 Å². The van der Waals surface area contributed by atoms with Crippen molar-refractivity contribution in [1.29, 1.82) is 0 Å². The van der Waals surface area contributed by atoms with Gasteiger partial charge in [-0.2, -0.15) is 4.31 Å². The highest BCUT2D eigenvalue weighted by Gasteiger charge is 2.22. The fourth-order valence-corrected chi connectivity index (χ4v) is 3.11. The molecule has 0 aromatic heterocycles. The number of likely N-dealkylation sites (N-methyl/N-ethyl adjacent to an activating group) is 1. The summed E-state index contributed by atoms with van der Waals surface area (Å²) in [4.78, 5) is 22.9. The Labute approximate surface area is 148 Å². The molecule has 0 unspecified atom stereocenters. The molecule has 9 heteroatoms. The number of nitrogens with zero attached hydrogens (tertiary/aromatic N) is 1. The standard InChI is InChI=1S/C16H25N3O5S/c1-4-24-11-5-10-17-16(21)12-19(3)25(22,23)15-8-6-14(7-9-15)18-13(2)20/h6-9H,4-5,10-12H2,1-3H3,(H,17,21)(H,18,20). The molecule has 0 radical (unpaired) electrons. The predicted molar refractivity (Wildman–Crippen MR) is 94.7 cm³/mol. The Bertz CT molecular complexity index is 674. The fourth-order valence-electron chi connectivity index (χ4n) is 1.98. The van der Waals surface area contributed by atoms with Gasteiger partial charge in [-0.3, -0.25) is 9.59 Å². The monoisotopic (exact) mass is 371 g/mol. The van der Waals surface area contributed by atoms with Gasteiger partial charge in [0.1, 0.15) is 0 Å². The van der Waals surface area contributed by atoms with Gasteiger partial charge in [0.15, 0.2) is 0 Å². The van der Waals surface area contributed by atoms with E-state index in [4.69, 9.17) is 4.74 Å². The highest BCUT2D eigenvalue weighted by atomic mass is 32.2. The van der Waals surface area contributed by atoms with Gasteiger partial charge >= 0.3 is 0 Å². The van der Waals surface area contributed by atoms with Crippen LogP contribution in [0.15, 0.2) is 29.2 Å². The minimum absolute atomic E-state index is 0.0493. The van der Waals surface area contributed by atoms with Crippen LogP contribution in [0.4, 0.5) is 5.69 Å². The lowest BCUT2D eigenvalue weighted by atomic mass is 10.3. The molecule has 0 aliphatic heterocycles. The number of anilines is 1. The van der Waals surface area contributed by atoms with E-state index in [1.54, 1.807) is 0 Å². The zero-order valence-electron chi connectivity index (χ0n) is 14.7. The number of sulfonamides is 1. The summed E-state index contributed by atoms with van der Waals surface area (Å²) in [7, 11) is -2.44. The van der Waals surface area contributed by atoms with Crippen LogP contribution in [0.25, 0.3) is 0 Å². The van der Waals surface area contributed by atoms with Crippen LogP contribution in [0.3, 0.4) is 0 Å². The summed E-state index contributed by atoms with van der Waals surface area (Å²) in [5, 5.41) is 5.22. The van der Waals surface area contributed by atoms with E-state index in [1.807, 2.05) is 6.92 Å². The molecule has 0 aliphatic rings. The molecule has 140 valence electrons. The highest BCUT2D eigenvalue weighted by Crippen LogP contribution is 2.17. The van der Waals surface area contributed by atoms with Crippen LogP contribution in [-0.2, 0) is 24.3 Å². The van der Waals surface area contributed by atoms with Gasteiger partial charge in [0.2, 0.25) is 21.8 Å². The van der Waals surface area contributed by atoms with E-state index in [-0.39, 0.29) is 23.3 Å². The molecule has 0 atom stereocenters. The quantitative estimate of drug-likeness (QED) is 0.592. The van der Waals surface area contributed by atoms with Crippen molar-refractivity contribution < 1.29 is 22.7 Å². The average molecular weight is 371 g/mol. The van der Waals surface area contributed by atoms with Crippen molar-refractivity contribution in [2.24, 2.45) is 0 Å². The third-order valence-corrected chi connectivity index (χ3v) is 5.06. The van der Waals surface area contributed by atoms with Gasteiger partial charge in [0.25, 0.3) is 0 Å². The maximum atomic E-state index is 12.5. The number of benzene rings is 1. The van der Waals surface area contributed by atoms with Crippen molar-refractivity contribution in [2.75, 3.05) is 38.7 Å². The molecule has 8 nitrogen and oxygen atoms in total. The lowest BCUT2D eigenvalue weighted by Gasteiger charge is -2.17. The Kier molecular flexibility index (Phi) is 8.53. The Morgan fingerprint density at radius 3 is 2.40 bits per heavy atom. The second-order valence-corrected chi connectivity index (χ2v) is 7.41. The van der Waals surface area contributed by atoms with Crippen LogP contribution < -0.4 is 10.6 Å². The Morgan fingerprint density at radius 2 is 1.84 bits per heavy atom. The zero-order valence-corrected chi connectivity index (χ0v) is 15.6. The summed E-state index contributed by atoms with van der Waals surface area (Å²) >= 11 is 0. The molecule has 0 saturated heterocycles. The van der Waals surface area contributed by atoms with E-state index in [2.05, 4.69) is 10.6 Å². The summed E-state index contributed by atoms with van der Waals surface area (Å²) in [6.45, 7) is 4.58. The normalized spacial score (nSPS) is 11.4. The summed E-state index contributed by atoms with van der Waals surface area (Å²) in [5.74, 6) is -0.619. The van der Waals surface area contributed by atoms with Crippen molar-refractivity contribution >= 4 is 27.5 Å². The molecule has 1 aromatic carbocycles. The Morgan fingerprint density at radius 1 is 1.20 bits per heavy atom. The number of carbonyl (C=O) groups excluding carboxylic acids is 2. The molecular formula is C16H25N3O5S. The molecule has 1 rings (SSSR count). The smallest absolute Gasteiger partial charge is 0.243 e. The van der Waals surface area contributed by atoms with Crippen LogP contribution in [0.1, 0.15) is 20.3 Å². The van der Waals surface area contributed by atoms with Crippen molar-refractivity contribution in [1.82, 2.24) is 9.62 Å². The summed E-state index contributed by atoms with van der Waals surface area (Å²) < 4.78 is 31.1. The Balaban J connectivity index is 2.59. The van der Waals surface area contributed by atoms with Crippen molar-refractivity contribution in [2.45, 2.75) is 25.2 Å². The first-order valence-electron chi connectivity index (χ1n) is 7.95. The first-order chi connectivity index (χ1) is 11.8. The zero-order chi connectivity index (χ0) is 18.9. The molecule has 25 heavy (non-hydrogen) atoms. The number of hydrogen-bond donors (Lipinski definition) is 2. The van der Waals surface area contributed by atoms with Crippen LogP contribution >= 0.6 is 0 Å². The van der Waals surface area contributed by atoms with Crippen LogP contribution in [0.5, 0.6) is 0 Å². The maximum absolute atomic E-state index is 12.5. The molecular weight excluding hydrogens is 346 g/mol. The maximum Gasteiger partial charge on any atom is 0.243 e. The van der Waals surface area contributed by atoms with E-state index in [1.165, 1.54) is 38.2 Å². The van der Waals surface area contributed by atoms with Gasteiger partial charge in [0.05, 0.1) is 11.4 Å². The van der Waals surface area contributed by atoms with Gasteiger partial charge in [-0.15, -0.1) is 0 Å². The SMILES string of the molecule is CCOCCCNC(=O)CN(C)S(=O)(=O)c1ccc(NC(C)=O)cc1. The molecule has 0 bridgehead atoms. The minimum atomic E-state index is -3.78. The fraction of sp³-hybridized carbons (Fsp3) is 0.500. The molecule has 0 aliphatic carbocycles. The number of nitrogens with one attached hydrogen (secondary N) is 2. The molecule has 0 fully saturated rings. The van der Waals surface area contributed by atoms with Crippen LogP contribution in [0.2, 0.25) is 0 Å². The van der Waals surface area contributed by atoms with Crippen molar-refractivity contribution in [3.63, 3.8) is 0 Å². The van der Waals surface area contributed by atoms with E-state index in [0.29, 0.717) is 31.9 Å². The number of carbonyl (C=O) groups is 2. The number of hydrogen-bond acceptors (Lipinski definition) is 5. The van der Waals surface area contributed by atoms with Crippen LogP contribution in [0, 0.1) is 0 Å².